The van der Waals surface area contributed by atoms with Crippen LogP contribution in [0.3, 0.4) is 0 Å². The van der Waals surface area contributed by atoms with Gasteiger partial charge in [0.15, 0.2) is 0 Å². The maximum Gasteiger partial charge on any atom is 0.0440 e. The Bertz CT molecular complexity index is 334. The molecule has 0 aromatic carbocycles. The van der Waals surface area contributed by atoms with Crippen molar-refractivity contribution in [3.8, 4) is 0 Å². The Labute approximate surface area is 95.1 Å². The lowest BCUT2D eigenvalue weighted by Gasteiger charge is -2.40. The molecule has 0 fully saturated rings. The van der Waals surface area contributed by atoms with Crippen LogP contribution < -0.4 is 5.73 Å². The van der Waals surface area contributed by atoms with Crippen molar-refractivity contribution in [2.45, 2.75) is 44.1 Å². The molecule has 0 amide bonds. The van der Waals surface area contributed by atoms with Gasteiger partial charge in [0.1, 0.15) is 0 Å². The van der Waals surface area contributed by atoms with Gasteiger partial charge >= 0.3 is 0 Å². The summed E-state index contributed by atoms with van der Waals surface area (Å²) >= 11 is 1.83. The lowest BCUT2D eigenvalue weighted by atomic mass is 9.66. The average molecular weight is 225 g/mol. The van der Waals surface area contributed by atoms with Gasteiger partial charge in [-0.05, 0) is 49.6 Å². The van der Waals surface area contributed by atoms with E-state index in [0.29, 0.717) is 0 Å². The van der Waals surface area contributed by atoms with Crippen molar-refractivity contribution < 1.29 is 5.11 Å². The predicted octanol–water partition coefficient (Wildman–Crippen LogP) is 2.05. The summed E-state index contributed by atoms with van der Waals surface area (Å²) in [5.74, 6) is 0. The minimum Gasteiger partial charge on any atom is -0.396 e. The number of aryl methyl sites for hydroxylation is 1. The maximum absolute atomic E-state index is 9.24. The van der Waals surface area contributed by atoms with Crippen LogP contribution in [-0.2, 0) is 11.8 Å². The van der Waals surface area contributed by atoms with Crippen molar-refractivity contribution in [1.29, 1.82) is 0 Å². The van der Waals surface area contributed by atoms with Crippen molar-refractivity contribution >= 4 is 11.3 Å². The molecule has 84 valence electrons. The largest absolute Gasteiger partial charge is 0.396 e. The van der Waals surface area contributed by atoms with Gasteiger partial charge in [-0.3, -0.25) is 0 Å². The number of nitrogens with two attached hydrogens (primary N) is 1. The zero-order valence-corrected chi connectivity index (χ0v) is 10.0. The van der Waals surface area contributed by atoms with Gasteiger partial charge in [0, 0.05) is 22.9 Å². The van der Waals surface area contributed by atoms with Crippen molar-refractivity contribution in [1.82, 2.24) is 0 Å². The molecule has 2 unspecified atom stereocenters. The van der Waals surface area contributed by atoms with Crippen LogP contribution in [0.5, 0.6) is 0 Å². The predicted molar refractivity (Wildman–Crippen MR) is 64.3 cm³/mol. The van der Waals surface area contributed by atoms with Crippen LogP contribution in [-0.4, -0.2) is 17.8 Å². The van der Waals surface area contributed by atoms with E-state index < -0.39 is 0 Å². The molecule has 2 atom stereocenters. The van der Waals surface area contributed by atoms with Gasteiger partial charge in [0.05, 0.1) is 0 Å². The van der Waals surface area contributed by atoms with Crippen LogP contribution in [0.1, 0.15) is 36.6 Å². The Hall–Kier alpha value is -0.380. The van der Waals surface area contributed by atoms with Crippen LogP contribution in [0.4, 0.5) is 0 Å². The SMILES string of the molecule is CC(N)C1(CCO)CCCc2sccc21. The quantitative estimate of drug-likeness (QED) is 0.827. The van der Waals surface area contributed by atoms with Gasteiger partial charge in [0.25, 0.3) is 0 Å². The second-order valence-corrected chi connectivity index (χ2v) is 5.53. The Morgan fingerprint density at radius 3 is 3.13 bits per heavy atom. The van der Waals surface area contributed by atoms with E-state index in [2.05, 4.69) is 18.4 Å². The van der Waals surface area contributed by atoms with E-state index in [1.54, 1.807) is 0 Å². The monoisotopic (exact) mass is 225 g/mol. The Morgan fingerprint density at radius 1 is 1.67 bits per heavy atom. The minimum absolute atomic E-state index is 0.0301. The second kappa shape index (κ2) is 4.24. The van der Waals surface area contributed by atoms with E-state index in [1.807, 2.05) is 11.3 Å². The molecule has 2 nitrogen and oxygen atoms in total. The molecule has 0 aliphatic heterocycles. The minimum atomic E-state index is 0.0301. The van der Waals surface area contributed by atoms with E-state index in [0.717, 1.165) is 12.8 Å². The fourth-order valence-electron chi connectivity index (χ4n) is 2.84. The van der Waals surface area contributed by atoms with Crippen LogP contribution in [0.25, 0.3) is 0 Å². The summed E-state index contributed by atoms with van der Waals surface area (Å²) in [4.78, 5) is 1.48. The molecule has 3 N–H and O–H groups in total. The van der Waals surface area contributed by atoms with Gasteiger partial charge in [0.2, 0.25) is 0 Å². The molecule has 0 spiro atoms. The molecule has 0 radical (unpaired) electrons. The summed E-state index contributed by atoms with van der Waals surface area (Å²) in [6.45, 7) is 2.30. The molecule has 15 heavy (non-hydrogen) atoms. The first-order valence-corrected chi connectivity index (χ1v) is 6.52. The Balaban J connectivity index is 2.42. The first-order valence-electron chi connectivity index (χ1n) is 5.64. The zero-order valence-electron chi connectivity index (χ0n) is 9.20. The van der Waals surface area contributed by atoms with Crippen molar-refractivity contribution in [3.63, 3.8) is 0 Å². The molecule has 1 aliphatic rings. The lowest BCUT2D eigenvalue weighted by Crippen LogP contribution is -2.46. The van der Waals surface area contributed by atoms with Crippen molar-refractivity contribution in [2.24, 2.45) is 5.73 Å². The van der Waals surface area contributed by atoms with E-state index in [9.17, 15) is 5.11 Å². The summed E-state index contributed by atoms with van der Waals surface area (Å²) in [5.41, 5.74) is 7.59. The summed E-state index contributed by atoms with van der Waals surface area (Å²) in [5, 5.41) is 11.4. The Morgan fingerprint density at radius 2 is 2.47 bits per heavy atom. The standard InChI is InChI=1S/C12H19NOS/c1-9(13)12(6-7-14)5-2-3-11-10(12)4-8-15-11/h4,8-9,14H,2-3,5-7,13H2,1H3. The molecule has 1 aromatic rings. The molecule has 1 heterocycles. The lowest BCUT2D eigenvalue weighted by molar-refractivity contribution is 0.201. The molecule has 1 aliphatic carbocycles. The third-order valence-electron chi connectivity index (χ3n) is 3.74. The van der Waals surface area contributed by atoms with Crippen LogP contribution in [0, 0.1) is 0 Å². The molecule has 0 bridgehead atoms. The fourth-order valence-corrected chi connectivity index (χ4v) is 3.87. The third kappa shape index (κ3) is 1.73. The number of fused-ring (bicyclic) bond motifs is 1. The van der Waals surface area contributed by atoms with Crippen LogP contribution >= 0.6 is 11.3 Å². The maximum atomic E-state index is 9.24. The number of hydrogen-bond donors (Lipinski definition) is 2. The second-order valence-electron chi connectivity index (χ2n) is 4.53. The van der Waals surface area contributed by atoms with E-state index in [1.165, 1.54) is 23.3 Å². The van der Waals surface area contributed by atoms with Gasteiger partial charge in [-0.15, -0.1) is 11.3 Å². The summed E-state index contributed by atoms with van der Waals surface area (Å²) in [6, 6.07) is 2.33. The number of thiophene rings is 1. The summed E-state index contributed by atoms with van der Waals surface area (Å²) < 4.78 is 0. The van der Waals surface area contributed by atoms with Crippen LogP contribution in [0.15, 0.2) is 11.4 Å². The summed E-state index contributed by atoms with van der Waals surface area (Å²) in [7, 11) is 0. The van der Waals surface area contributed by atoms with E-state index in [-0.39, 0.29) is 18.1 Å². The molecule has 0 saturated carbocycles. The molecular weight excluding hydrogens is 206 g/mol. The van der Waals surface area contributed by atoms with E-state index >= 15 is 0 Å². The summed E-state index contributed by atoms with van der Waals surface area (Å²) in [6.07, 6.45) is 4.31. The molecular formula is C12H19NOS. The average Bonchev–Trinajstić information content (AvgIpc) is 2.66. The highest BCUT2D eigenvalue weighted by Crippen LogP contribution is 2.43. The van der Waals surface area contributed by atoms with Gasteiger partial charge in [-0.25, -0.2) is 0 Å². The Kier molecular flexibility index (Phi) is 3.14. The zero-order chi connectivity index (χ0) is 10.9. The van der Waals surface area contributed by atoms with E-state index in [4.69, 9.17) is 5.73 Å². The first-order chi connectivity index (χ1) is 7.20. The molecule has 0 saturated heterocycles. The highest BCUT2D eigenvalue weighted by atomic mass is 32.1. The topological polar surface area (TPSA) is 46.2 Å². The number of aliphatic hydroxyl groups excluding tert-OH is 1. The normalized spacial score (nSPS) is 27.4. The van der Waals surface area contributed by atoms with Crippen molar-refractivity contribution in [2.75, 3.05) is 6.61 Å². The highest BCUT2D eigenvalue weighted by Gasteiger charge is 2.39. The highest BCUT2D eigenvalue weighted by molar-refractivity contribution is 7.10. The fraction of sp³-hybridized carbons (Fsp3) is 0.667. The smallest absolute Gasteiger partial charge is 0.0440 e. The molecule has 2 rings (SSSR count). The number of aliphatic hydroxyl groups is 1. The molecule has 3 heteroatoms. The number of rotatable bonds is 3. The van der Waals surface area contributed by atoms with Gasteiger partial charge < -0.3 is 10.8 Å². The van der Waals surface area contributed by atoms with Gasteiger partial charge in [-0.1, -0.05) is 0 Å². The third-order valence-corrected chi connectivity index (χ3v) is 4.72. The van der Waals surface area contributed by atoms with Gasteiger partial charge in [-0.2, -0.15) is 0 Å². The molecule has 1 aromatic heterocycles. The first kappa shape index (κ1) is 11.1. The van der Waals surface area contributed by atoms with Crippen LogP contribution in [0.2, 0.25) is 0 Å². The number of hydrogen-bond acceptors (Lipinski definition) is 3. The van der Waals surface area contributed by atoms with Crippen molar-refractivity contribution in [3.05, 3.63) is 21.9 Å².